The van der Waals surface area contributed by atoms with Gasteiger partial charge in [0.05, 0.1) is 0 Å². The minimum Gasteiger partial charge on any atom is -0.479 e. The molecule has 1 heterocycles. The molecule has 0 aliphatic carbocycles. The molecule has 108 valence electrons. The standard InChI is InChI=1S/C15H20N2O3/c18-13(8-11-17-9-4-5-10-17)16-14(15(19)20)12-6-2-1-3-7-12/h1-3,6-7,14H,4-5,8-11H2,(H,16,18)(H,19,20)/t14-/m1/s1. The summed E-state index contributed by atoms with van der Waals surface area (Å²) in [6.07, 6.45) is 2.71. The van der Waals surface area contributed by atoms with Gasteiger partial charge in [-0.05, 0) is 31.5 Å². The molecule has 0 radical (unpaired) electrons. The van der Waals surface area contributed by atoms with Crippen LogP contribution in [-0.4, -0.2) is 41.5 Å². The minimum absolute atomic E-state index is 0.215. The number of carbonyl (C=O) groups excluding carboxylic acids is 1. The van der Waals surface area contributed by atoms with E-state index in [9.17, 15) is 14.7 Å². The first-order chi connectivity index (χ1) is 9.66. The van der Waals surface area contributed by atoms with Crippen molar-refractivity contribution in [2.24, 2.45) is 0 Å². The molecule has 2 rings (SSSR count). The molecule has 1 atom stereocenters. The lowest BCUT2D eigenvalue weighted by molar-refractivity contribution is -0.142. The van der Waals surface area contributed by atoms with Gasteiger partial charge < -0.3 is 15.3 Å². The number of carboxylic acids is 1. The van der Waals surface area contributed by atoms with Crippen LogP contribution in [0.1, 0.15) is 30.9 Å². The summed E-state index contributed by atoms with van der Waals surface area (Å²) in [5.74, 6) is -1.25. The number of likely N-dealkylation sites (tertiary alicyclic amines) is 1. The highest BCUT2D eigenvalue weighted by atomic mass is 16.4. The summed E-state index contributed by atoms with van der Waals surface area (Å²) in [6.45, 7) is 2.77. The Balaban J connectivity index is 1.87. The number of benzene rings is 1. The quantitative estimate of drug-likeness (QED) is 0.824. The summed E-state index contributed by atoms with van der Waals surface area (Å²) < 4.78 is 0. The Kier molecular flexibility index (Phi) is 5.12. The second kappa shape index (κ2) is 7.05. The van der Waals surface area contributed by atoms with Crippen molar-refractivity contribution in [3.8, 4) is 0 Å². The van der Waals surface area contributed by atoms with E-state index < -0.39 is 12.0 Å². The largest absolute Gasteiger partial charge is 0.479 e. The zero-order valence-electron chi connectivity index (χ0n) is 11.4. The lowest BCUT2D eigenvalue weighted by Gasteiger charge is -2.17. The molecular weight excluding hydrogens is 256 g/mol. The van der Waals surface area contributed by atoms with E-state index in [1.54, 1.807) is 24.3 Å². The Bertz CT molecular complexity index is 455. The molecule has 0 unspecified atom stereocenters. The Morgan fingerprint density at radius 2 is 1.85 bits per heavy atom. The summed E-state index contributed by atoms with van der Waals surface area (Å²) in [4.78, 5) is 25.4. The highest BCUT2D eigenvalue weighted by Crippen LogP contribution is 2.13. The van der Waals surface area contributed by atoms with Crippen molar-refractivity contribution in [3.05, 3.63) is 35.9 Å². The van der Waals surface area contributed by atoms with E-state index in [2.05, 4.69) is 10.2 Å². The van der Waals surface area contributed by atoms with E-state index in [0.29, 0.717) is 18.5 Å². The van der Waals surface area contributed by atoms with Gasteiger partial charge in [-0.1, -0.05) is 30.3 Å². The first-order valence-electron chi connectivity index (χ1n) is 6.96. The number of nitrogens with zero attached hydrogens (tertiary/aromatic N) is 1. The molecule has 0 aromatic heterocycles. The monoisotopic (exact) mass is 276 g/mol. The molecule has 2 N–H and O–H groups in total. The highest BCUT2D eigenvalue weighted by molar-refractivity contribution is 5.84. The Morgan fingerprint density at radius 1 is 1.20 bits per heavy atom. The average molecular weight is 276 g/mol. The second-order valence-corrected chi connectivity index (χ2v) is 5.05. The Morgan fingerprint density at radius 3 is 2.45 bits per heavy atom. The molecule has 0 bridgehead atoms. The maximum atomic E-state index is 11.9. The van der Waals surface area contributed by atoms with Crippen LogP contribution >= 0.6 is 0 Å². The summed E-state index contributed by atoms with van der Waals surface area (Å²) in [6, 6.07) is 7.79. The third-order valence-electron chi connectivity index (χ3n) is 3.54. The number of nitrogens with one attached hydrogen (secondary N) is 1. The van der Waals surface area contributed by atoms with Gasteiger partial charge in [-0.2, -0.15) is 0 Å². The maximum absolute atomic E-state index is 11.9. The van der Waals surface area contributed by atoms with Gasteiger partial charge in [0.25, 0.3) is 0 Å². The predicted octanol–water partition coefficient (Wildman–Crippen LogP) is 1.41. The lowest BCUT2D eigenvalue weighted by Crippen LogP contribution is -2.35. The first kappa shape index (κ1) is 14.5. The first-order valence-corrected chi connectivity index (χ1v) is 6.96. The number of hydrogen-bond donors (Lipinski definition) is 2. The molecule has 0 saturated carbocycles. The number of hydrogen-bond acceptors (Lipinski definition) is 3. The topological polar surface area (TPSA) is 69.6 Å². The van der Waals surface area contributed by atoms with Crippen LogP contribution in [0.3, 0.4) is 0 Å². The Hall–Kier alpha value is -1.88. The van der Waals surface area contributed by atoms with Crippen molar-refractivity contribution in [1.82, 2.24) is 10.2 Å². The van der Waals surface area contributed by atoms with E-state index in [4.69, 9.17) is 0 Å². The third-order valence-corrected chi connectivity index (χ3v) is 3.54. The van der Waals surface area contributed by atoms with Crippen molar-refractivity contribution < 1.29 is 14.7 Å². The van der Waals surface area contributed by atoms with E-state index in [1.807, 2.05) is 6.07 Å². The van der Waals surface area contributed by atoms with Crippen LogP contribution in [0.15, 0.2) is 30.3 Å². The molecular formula is C15H20N2O3. The molecule has 1 fully saturated rings. The van der Waals surface area contributed by atoms with Gasteiger partial charge in [-0.3, -0.25) is 4.79 Å². The van der Waals surface area contributed by atoms with Crippen LogP contribution in [0.5, 0.6) is 0 Å². The van der Waals surface area contributed by atoms with Crippen LogP contribution in [0, 0.1) is 0 Å². The van der Waals surface area contributed by atoms with Gasteiger partial charge in [0.1, 0.15) is 0 Å². The predicted molar refractivity (Wildman–Crippen MR) is 75.3 cm³/mol. The number of carbonyl (C=O) groups is 2. The molecule has 1 aliphatic rings. The molecule has 1 aromatic carbocycles. The van der Waals surface area contributed by atoms with Crippen LogP contribution < -0.4 is 5.32 Å². The van der Waals surface area contributed by atoms with E-state index in [0.717, 1.165) is 13.1 Å². The van der Waals surface area contributed by atoms with E-state index in [1.165, 1.54) is 12.8 Å². The fraction of sp³-hybridized carbons (Fsp3) is 0.467. The average Bonchev–Trinajstić information content (AvgIpc) is 2.96. The maximum Gasteiger partial charge on any atom is 0.330 e. The molecule has 5 heteroatoms. The van der Waals surface area contributed by atoms with Crippen LogP contribution in [-0.2, 0) is 9.59 Å². The normalized spacial score (nSPS) is 16.8. The van der Waals surface area contributed by atoms with Crippen LogP contribution in [0.2, 0.25) is 0 Å². The number of amides is 1. The SMILES string of the molecule is O=C(CCN1CCCC1)N[C@@H](C(=O)O)c1ccccc1. The van der Waals surface area contributed by atoms with Crippen LogP contribution in [0.4, 0.5) is 0 Å². The summed E-state index contributed by atoms with van der Waals surface area (Å²) in [5.41, 5.74) is 0.592. The fourth-order valence-corrected chi connectivity index (χ4v) is 2.43. The van der Waals surface area contributed by atoms with Crippen LogP contribution in [0.25, 0.3) is 0 Å². The fourth-order valence-electron chi connectivity index (χ4n) is 2.43. The van der Waals surface area contributed by atoms with E-state index in [-0.39, 0.29) is 5.91 Å². The lowest BCUT2D eigenvalue weighted by atomic mass is 10.1. The zero-order chi connectivity index (χ0) is 14.4. The van der Waals surface area contributed by atoms with Crippen molar-refractivity contribution in [2.75, 3.05) is 19.6 Å². The zero-order valence-corrected chi connectivity index (χ0v) is 11.4. The van der Waals surface area contributed by atoms with Crippen molar-refractivity contribution >= 4 is 11.9 Å². The van der Waals surface area contributed by atoms with E-state index >= 15 is 0 Å². The van der Waals surface area contributed by atoms with Gasteiger partial charge in [0, 0.05) is 13.0 Å². The number of aliphatic carboxylic acids is 1. The molecule has 20 heavy (non-hydrogen) atoms. The molecule has 0 spiro atoms. The Labute approximate surface area is 118 Å². The van der Waals surface area contributed by atoms with Gasteiger partial charge in [-0.25, -0.2) is 4.79 Å². The summed E-state index contributed by atoms with van der Waals surface area (Å²) in [7, 11) is 0. The molecule has 1 amide bonds. The van der Waals surface area contributed by atoms with Gasteiger partial charge in [0.2, 0.25) is 5.91 Å². The van der Waals surface area contributed by atoms with Crippen molar-refractivity contribution in [2.45, 2.75) is 25.3 Å². The van der Waals surface area contributed by atoms with Gasteiger partial charge >= 0.3 is 5.97 Å². The molecule has 1 saturated heterocycles. The third kappa shape index (κ3) is 4.06. The molecule has 1 aromatic rings. The smallest absolute Gasteiger partial charge is 0.330 e. The number of carboxylic acid groups (broad SMARTS) is 1. The minimum atomic E-state index is -1.04. The highest BCUT2D eigenvalue weighted by Gasteiger charge is 2.22. The summed E-state index contributed by atoms with van der Waals surface area (Å²) >= 11 is 0. The van der Waals surface area contributed by atoms with Crippen molar-refractivity contribution in [1.29, 1.82) is 0 Å². The molecule has 1 aliphatic heterocycles. The summed E-state index contributed by atoms with van der Waals surface area (Å²) in [5, 5.41) is 11.8. The van der Waals surface area contributed by atoms with Crippen molar-refractivity contribution in [3.63, 3.8) is 0 Å². The molecule has 5 nitrogen and oxygen atoms in total. The number of rotatable bonds is 6. The van der Waals surface area contributed by atoms with Gasteiger partial charge in [-0.15, -0.1) is 0 Å². The van der Waals surface area contributed by atoms with Gasteiger partial charge in [0.15, 0.2) is 6.04 Å². The second-order valence-electron chi connectivity index (χ2n) is 5.05.